The van der Waals surface area contributed by atoms with Crippen molar-refractivity contribution in [3.05, 3.63) is 29.6 Å². The summed E-state index contributed by atoms with van der Waals surface area (Å²) in [5.41, 5.74) is 6.10. The predicted octanol–water partition coefficient (Wildman–Crippen LogP) is 1.46. The van der Waals surface area contributed by atoms with Crippen LogP contribution >= 0.6 is 12.2 Å². The standard InChI is InChI=1S/C12H15FN2O2S/c1-3-17-10(16)7-15(2)9-6-4-5-8(13)11(9)12(14)18/h4-6H,3,7H2,1-2H3,(H2,14,18). The molecule has 1 rings (SSSR count). The third kappa shape index (κ3) is 3.40. The third-order valence-corrected chi connectivity index (χ3v) is 2.52. The van der Waals surface area contributed by atoms with E-state index in [0.29, 0.717) is 12.3 Å². The Hall–Kier alpha value is -1.69. The van der Waals surface area contributed by atoms with E-state index in [4.69, 9.17) is 22.7 Å². The van der Waals surface area contributed by atoms with Crippen molar-refractivity contribution < 1.29 is 13.9 Å². The topological polar surface area (TPSA) is 55.6 Å². The van der Waals surface area contributed by atoms with Gasteiger partial charge in [0.25, 0.3) is 0 Å². The van der Waals surface area contributed by atoms with Crippen LogP contribution in [0.4, 0.5) is 10.1 Å². The zero-order valence-electron chi connectivity index (χ0n) is 10.3. The summed E-state index contributed by atoms with van der Waals surface area (Å²) in [6, 6.07) is 4.46. The van der Waals surface area contributed by atoms with Crippen LogP contribution in [0.5, 0.6) is 0 Å². The molecule has 0 unspecified atom stereocenters. The zero-order chi connectivity index (χ0) is 13.7. The molecule has 0 saturated carbocycles. The molecule has 18 heavy (non-hydrogen) atoms. The van der Waals surface area contributed by atoms with Gasteiger partial charge in [-0.25, -0.2) is 4.39 Å². The molecule has 0 radical (unpaired) electrons. The van der Waals surface area contributed by atoms with E-state index in [9.17, 15) is 9.18 Å². The van der Waals surface area contributed by atoms with Crippen molar-refractivity contribution in [3.8, 4) is 0 Å². The van der Waals surface area contributed by atoms with Crippen LogP contribution in [-0.4, -0.2) is 31.2 Å². The van der Waals surface area contributed by atoms with Gasteiger partial charge in [0.05, 0.1) is 17.9 Å². The van der Waals surface area contributed by atoms with Crippen LogP contribution in [-0.2, 0) is 9.53 Å². The molecule has 0 fully saturated rings. The monoisotopic (exact) mass is 270 g/mol. The molecule has 0 aromatic heterocycles. The molecule has 2 N–H and O–H groups in total. The van der Waals surface area contributed by atoms with Gasteiger partial charge in [-0.15, -0.1) is 0 Å². The van der Waals surface area contributed by atoms with E-state index in [2.05, 4.69) is 0 Å². The molecule has 0 aliphatic carbocycles. The second-order valence-corrected chi connectivity index (χ2v) is 4.10. The number of hydrogen-bond donors (Lipinski definition) is 1. The van der Waals surface area contributed by atoms with Crippen LogP contribution in [0.25, 0.3) is 0 Å². The summed E-state index contributed by atoms with van der Waals surface area (Å²) >= 11 is 4.82. The minimum Gasteiger partial charge on any atom is -0.465 e. The Balaban J connectivity index is 2.98. The van der Waals surface area contributed by atoms with Crippen molar-refractivity contribution in [2.24, 2.45) is 5.73 Å². The highest BCUT2D eigenvalue weighted by atomic mass is 32.1. The normalized spacial score (nSPS) is 9.94. The van der Waals surface area contributed by atoms with Crippen LogP contribution in [0.15, 0.2) is 18.2 Å². The Kier molecular flexibility index (Phi) is 5.03. The number of thiocarbonyl (C=S) groups is 1. The first-order chi connectivity index (χ1) is 8.47. The third-order valence-electron chi connectivity index (χ3n) is 2.32. The van der Waals surface area contributed by atoms with Gasteiger partial charge >= 0.3 is 5.97 Å². The molecule has 4 nitrogen and oxygen atoms in total. The number of benzene rings is 1. The van der Waals surface area contributed by atoms with Gasteiger partial charge in [-0.1, -0.05) is 18.3 Å². The Labute approximate surface area is 111 Å². The molecule has 0 bridgehead atoms. The van der Waals surface area contributed by atoms with E-state index < -0.39 is 11.8 Å². The highest BCUT2D eigenvalue weighted by Crippen LogP contribution is 2.22. The van der Waals surface area contributed by atoms with Gasteiger partial charge in [-0.2, -0.15) is 0 Å². The first kappa shape index (κ1) is 14.4. The second kappa shape index (κ2) is 6.30. The highest BCUT2D eigenvalue weighted by molar-refractivity contribution is 7.80. The molecule has 6 heteroatoms. The Morgan fingerprint density at radius 2 is 2.22 bits per heavy atom. The second-order valence-electron chi connectivity index (χ2n) is 3.66. The molecule has 0 heterocycles. The number of nitrogens with zero attached hydrogens (tertiary/aromatic N) is 1. The van der Waals surface area contributed by atoms with Crippen molar-refractivity contribution in [2.75, 3.05) is 25.1 Å². The fourth-order valence-electron chi connectivity index (χ4n) is 1.56. The number of carbonyl (C=O) groups is 1. The predicted molar refractivity (Wildman–Crippen MR) is 72.2 cm³/mol. The van der Waals surface area contributed by atoms with Crippen molar-refractivity contribution in [1.29, 1.82) is 0 Å². The molecular formula is C12H15FN2O2S. The van der Waals surface area contributed by atoms with Crippen molar-refractivity contribution >= 4 is 28.9 Å². The molecular weight excluding hydrogens is 255 g/mol. The molecule has 0 amide bonds. The quantitative estimate of drug-likeness (QED) is 0.648. The van der Waals surface area contributed by atoms with Gasteiger partial charge < -0.3 is 15.4 Å². The number of nitrogens with two attached hydrogens (primary N) is 1. The van der Waals surface area contributed by atoms with Gasteiger partial charge in [0, 0.05) is 7.05 Å². The summed E-state index contributed by atoms with van der Waals surface area (Å²) in [6.07, 6.45) is 0. The molecule has 0 spiro atoms. The minimum absolute atomic E-state index is 0.00685. The molecule has 98 valence electrons. The molecule has 1 aromatic carbocycles. The highest BCUT2D eigenvalue weighted by Gasteiger charge is 2.16. The number of likely N-dealkylation sites (N-methyl/N-ethyl adjacent to an activating group) is 1. The average Bonchev–Trinajstić information content (AvgIpc) is 2.28. The van der Waals surface area contributed by atoms with Gasteiger partial charge in [0.15, 0.2) is 0 Å². The molecule has 0 aliphatic heterocycles. The minimum atomic E-state index is -0.504. The smallest absolute Gasteiger partial charge is 0.325 e. The van der Waals surface area contributed by atoms with Gasteiger partial charge in [0.2, 0.25) is 0 Å². The molecule has 0 atom stereocenters. The Morgan fingerprint density at radius 3 is 2.78 bits per heavy atom. The number of anilines is 1. The van der Waals surface area contributed by atoms with Crippen molar-refractivity contribution in [3.63, 3.8) is 0 Å². The number of hydrogen-bond acceptors (Lipinski definition) is 4. The van der Waals surface area contributed by atoms with Gasteiger partial charge in [-0.05, 0) is 19.1 Å². The Bertz CT molecular complexity index is 465. The zero-order valence-corrected chi connectivity index (χ0v) is 11.1. The van der Waals surface area contributed by atoms with Crippen LogP contribution in [0.3, 0.4) is 0 Å². The van der Waals surface area contributed by atoms with Crippen LogP contribution in [0.2, 0.25) is 0 Å². The number of esters is 1. The van der Waals surface area contributed by atoms with E-state index in [-0.39, 0.29) is 17.1 Å². The lowest BCUT2D eigenvalue weighted by atomic mass is 10.1. The fraction of sp³-hybridized carbons (Fsp3) is 0.333. The average molecular weight is 270 g/mol. The van der Waals surface area contributed by atoms with E-state index >= 15 is 0 Å². The maximum Gasteiger partial charge on any atom is 0.325 e. The molecule has 0 aliphatic rings. The molecule has 1 aromatic rings. The summed E-state index contributed by atoms with van der Waals surface area (Å²) in [5, 5.41) is 0. The summed E-state index contributed by atoms with van der Waals surface area (Å²) in [5.74, 6) is -0.895. The maximum atomic E-state index is 13.6. The fourth-order valence-corrected chi connectivity index (χ4v) is 1.76. The van der Waals surface area contributed by atoms with E-state index in [1.54, 1.807) is 24.9 Å². The SMILES string of the molecule is CCOC(=O)CN(C)c1cccc(F)c1C(N)=S. The van der Waals surface area contributed by atoms with Gasteiger partial charge in [0.1, 0.15) is 17.4 Å². The van der Waals surface area contributed by atoms with Crippen LogP contribution in [0, 0.1) is 5.82 Å². The largest absolute Gasteiger partial charge is 0.465 e. The number of rotatable bonds is 5. The van der Waals surface area contributed by atoms with Crippen LogP contribution < -0.4 is 10.6 Å². The maximum absolute atomic E-state index is 13.6. The van der Waals surface area contributed by atoms with Gasteiger partial charge in [-0.3, -0.25) is 4.79 Å². The lowest BCUT2D eigenvalue weighted by Crippen LogP contribution is -2.29. The number of ether oxygens (including phenoxy) is 1. The summed E-state index contributed by atoms with van der Waals surface area (Å²) in [7, 11) is 1.65. The van der Waals surface area contributed by atoms with Crippen LogP contribution in [0.1, 0.15) is 12.5 Å². The first-order valence-electron chi connectivity index (χ1n) is 5.42. The number of carbonyl (C=O) groups excluding carboxylic acids is 1. The lowest BCUT2D eigenvalue weighted by molar-refractivity contribution is -0.141. The van der Waals surface area contributed by atoms with Crippen molar-refractivity contribution in [1.82, 2.24) is 0 Å². The lowest BCUT2D eigenvalue weighted by Gasteiger charge is -2.21. The first-order valence-corrected chi connectivity index (χ1v) is 5.83. The van der Waals surface area contributed by atoms with Crippen molar-refractivity contribution in [2.45, 2.75) is 6.92 Å². The summed E-state index contributed by atoms with van der Waals surface area (Å²) in [4.78, 5) is 12.9. The van der Waals surface area contributed by atoms with E-state index in [0.717, 1.165) is 0 Å². The van der Waals surface area contributed by atoms with E-state index in [1.165, 1.54) is 12.1 Å². The summed E-state index contributed by atoms with van der Waals surface area (Å²) < 4.78 is 18.5. The summed E-state index contributed by atoms with van der Waals surface area (Å²) in [6.45, 7) is 2.03. The van der Waals surface area contributed by atoms with E-state index in [1.807, 2.05) is 0 Å². The Morgan fingerprint density at radius 1 is 1.56 bits per heavy atom. The number of halogens is 1. The molecule has 0 saturated heterocycles.